The molecule has 0 unspecified atom stereocenters. The van der Waals surface area contributed by atoms with Crippen LogP contribution in [0.4, 0.5) is 10.5 Å². The molecule has 8 nitrogen and oxygen atoms in total. The van der Waals surface area contributed by atoms with Crippen molar-refractivity contribution in [3.8, 4) is 11.3 Å². The van der Waals surface area contributed by atoms with Crippen molar-refractivity contribution >= 4 is 17.3 Å². The monoisotopic (exact) mass is 436 g/mol. The number of fused-ring (bicyclic) bond motifs is 1. The number of rotatable bonds is 4. The van der Waals surface area contributed by atoms with Gasteiger partial charge in [0.15, 0.2) is 0 Å². The van der Waals surface area contributed by atoms with Crippen LogP contribution >= 0.6 is 0 Å². The van der Waals surface area contributed by atoms with Crippen LogP contribution in [0.5, 0.6) is 0 Å². The van der Waals surface area contributed by atoms with Gasteiger partial charge in [-0.15, -0.1) is 0 Å². The molecule has 1 fully saturated rings. The maximum absolute atomic E-state index is 12.0. The number of hydrogen-bond donors (Lipinski definition) is 1. The maximum Gasteiger partial charge on any atom is 0.407 e. The van der Waals surface area contributed by atoms with Crippen molar-refractivity contribution in [1.29, 1.82) is 0 Å². The summed E-state index contributed by atoms with van der Waals surface area (Å²) in [5.41, 5.74) is 5.70. The molecule has 170 valence electrons. The Morgan fingerprint density at radius 2 is 1.91 bits per heavy atom. The van der Waals surface area contributed by atoms with Crippen molar-refractivity contribution < 1.29 is 9.53 Å². The van der Waals surface area contributed by atoms with Crippen LogP contribution in [0.3, 0.4) is 0 Å². The van der Waals surface area contributed by atoms with Crippen LogP contribution in [0.25, 0.3) is 16.8 Å². The predicted octanol–water partition coefficient (Wildman–Crippen LogP) is 3.48. The normalized spacial score (nSPS) is 15.2. The van der Waals surface area contributed by atoms with Crippen LogP contribution in [0.15, 0.2) is 36.8 Å². The van der Waals surface area contributed by atoms with Crippen molar-refractivity contribution in [2.75, 3.05) is 38.1 Å². The van der Waals surface area contributed by atoms with Gasteiger partial charge in [-0.05, 0) is 58.0 Å². The van der Waals surface area contributed by atoms with Gasteiger partial charge >= 0.3 is 6.09 Å². The zero-order valence-corrected chi connectivity index (χ0v) is 19.6. The third-order valence-electron chi connectivity index (χ3n) is 5.70. The molecule has 0 aliphatic carbocycles. The summed E-state index contributed by atoms with van der Waals surface area (Å²) in [5.74, 6) is 0. The Hall–Kier alpha value is -3.13. The van der Waals surface area contributed by atoms with Gasteiger partial charge in [-0.25, -0.2) is 14.3 Å². The molecule has 0 radical (unpaired) electrons. The highest BCUT2D eigenvalue weighted by atomic mass is 16.6. The van der Waals surface area contributed by atoms with Crippen molar-refractivity contribution in [2.45, 2.75) is 39.8 Å². The summed E-state index contributed by atoms with van der Waals surface area (Å²) in [5, 5.41) is 7.25. The summed E-state index contributed by atoms with van der Waals surface area (Å²) in [6.45, 7) is 12.2. The Balaban J connectivity index is 1.54. The first-order chi connectivity index (χ1) is 15.2. The molecule has 0 atom stereocenters. The Morgan fingerprint density at radius 3 is 2.59 bits per heavy atom. The maximum atomic E-state index is 12.0. The topological polar surface area (TPSA) is 75.0 Å². The second kappa shape index (κ2) is 8.78. The molecule has 1 saturated heterocycles. The smallest absolute Gasteiger partial charge is 0.407 e. The van der Waals surface area contributed by atoms with Crippen LogP contribution in [0.1, 0.15) is 31.9 Å². The number of carbonyl (C=O) groups is 1. The van der Waals surface area contributed by atoms with E-state index in [0.717, 1.165) is 54.1 Å². The molecule has 32 heavy (non-hydrogen) atoms. The third kappa shape index (κ3) is 5.02. The molecule has 0 saturated carbocycles. The summed E-state index contributed by atoms with van der Waals surface area (Å²) in [6.07, 6.45) is 3.27. The van der Waals surface area contributed by atoms with Gasteiger partial charge < -0.3 is 19.9 Å². The van der Waals surface area contributed by atoms with Crippen LogP contribution < -0.4 is 10.2 Å². The number of ether oxygens (including phenoxy) is 1. The Labute approximate surface area is 189 Å². The van der Waals surface area contributed by atoms with E-state index in [0.29, 0.717) is 6.54 Å². The Morgan fingerprint density at radius 1 is 1.16 bits per heavy atom. The Kier molecular flexibility index (Phi) is 6.06. The lowest BCUT2D eigenvalue weighted by Gasteiger charge is -2.33. The number of benzene rings is 1. The minimum absolute atomic E-state index is 0.414. The standard InChI is InChI=1S/C24H32N6O2/c1-17-12-18(6-7-19(17)14-25-23(31)32-24(2,3)4)22-21-13-20(15-30(21)27-16-26-22)29-10-8-28(5)9-11-29/h6-7,12-13,15-16H,8-11,14H2,1-5H3,(H,25,31). The van der Waals surface area contributed by atoms with E-state index in [1.807, 2.05) is 44.3 Å². The van der Waals surface area contributed by atoms with E-state index >= 15 is 0 Å². The van der Waals surface area contributed by atoms with Crippen molar-refractivity contribution in [1.82, 2.24) is 24.8 Å². The number of likely N-dealkylation sites (N-methyl/N-ethyl adjacent to an activating group) is 1. The second-order valence-corrected chi connectivity index (χ2v) is 9.42. The first kappa shape index (κ1) is 22.1. The quantitative estimate of drug-likeness (QED) is 0.675. The molecule has 4 rings (SSSR count). The highest BCUT2D eigenvalue weighted by Gasteiger charge is 2.18. The number of nitrogens with one attached hydrogen (secondary N) is 1. The third-order valence-corrected chi connectivity index (χ3v) is 5.70. The molecule has 1 amide bonds. The summed E-state index contributed by atoms with van der Waals surface area (Å²) in [4.78, 5) is 21.3. The largest absolute Gasteiger partial charge is 0.444 e. The van der Waals surface area contributed by atoms with E-state index in [1.165, 1.54) is 5.69 Å². The molecule has 1 aliphatic rings. The molecule has 3 heterocycles. The first-order valence-electron chi connectivity index (χ1n) is 11.0. The fourth-order valence-electron chi connectivity index (χ4n) is 3.90. The number of aromatic nitrogens is 3. The zero-order chi connectivity index (χ0) is 22.9. The molecule has 1 N–H and O–H groups in total. The molecule has 3 aromatic rings. The lowest BCUT2D eigenvalue weighted by atomic mass is 10.0. The first-order valence-corrected chi connectivity index (χ1v) is 11.0. The minimum atomic E-state index is -0.512. The van der Waals surface area contributed by atoms with Gasteiger partial charge in [-0.2, -0.15) is 5.10 Å². The van der Waals surface area contributed by atoms with Gasteiger partial charge in [0.1, 0.15) is 11.9 Å². The van der Waals surface area contributed by atoms with Crippen LogP contribution in [-0.4, -0.2) is 64.4 Å². The number of hydrogen-bond acceptors (Lipinski definition) is 6. The van der Waals surface area contributed by atoms with Crippen molar-refractivity contribution in [2.24, 2.45) is 0 Å². The van der Waals surface area contributed by atoms with Gasteiger partial charge in [0.25, 0.3) is 0 Å². The predicted molar refractivity (Wildman–Crippen MR) is 126 cm³/mol. The van der Waals surface area contributed by atoms with Crippen LogP contribution in [0, 0.1) is 6.92 Å². The van der Waals surface area contributed by atoms with Gasteiger partial charge in [-0.1, -0.05) is 12.1 Å². The van der Waals surface area contributed by atoms with E-state index in [2.05, 4.69) is 50.6 Å². The summed E-state index contributed by atoms with van der Waals surface area (Å²) in [7, 11) is 2.16. The van der Waals surface area contributed by atoms with Crippen molar-refractivity contribution in [3.05, 3.63) is 47.9 Å². The van der Waals surface area contributed by atoms with Crippen molar-refractivity contribution in [3.63, 3.8) is 0 Å². The fourth-order valence-corrected chi connectivity index (χ4v) is 3.90. The van der Waals surface area contributed by atoms with E-state index in [1.54, 1.807) is 6.33 Å². The average Bonchev–Trinajstić information content (AvgIpc) is 3.16. The molecular weight excluding hydrogens is 404 g/mol. The number of amides is 1. The SMILES string of the molecule is Cc1cc(-c2ncnn3cc(N4CCN(C)CC4)cc23)ccc1CNC(=O)OC(C)(C)C. The number of anilines is 1. The number of aryl methyl sites for hydroxylation is 1. The summed E-state index contributed by atoms with van der Waals surface area (Å²) < 4.78 is 7.23. The van der Waals surface area contributed by atoms with Gasteiger partial charge in [0.2, 0.25) is 0 Å². The summed E-state index contributed by atoms with van der Waals surface area (Å²) in [6, 6.07) is 8.36. The van der Waals surface area contributed by atoms with Gasteiger partial charge in [0.05, 0.1) is 23.1 Å². The average molecular weight is 437 g/mol. The number of alkyl carbamates (subject to hydrolysis) is 1. The highest BCUT2D eigenvalue weighted by Crippen LogP contribution is 2.28. The van der Waals surface area contributed by atoms with Crippen LogP contribution in [-0.2, 0) is 11.3 Å². The van der Waals surface area contributed by atoms with Crippen LogP contribution in [0.2, 0.25) is 0 Å². The molecule has 1 aromatic carbocycles. The molecule has 0 spiro atoms. The fraction of sp³-hybridized carbons (Fsp3) is 0.458. The number of carbonyl (C=O) groups excluding carboxylic acids is 1. The van der Waals surface area contributed by atoms with Gasteiger partial charge in [-0.3, -0.25) is 0 Å². The van der Waals surface area contributed by atoms with E-state index in [4.69, 9.17) is 4.74 Å². The molecule has 1 aliphatic heterocycles. The number of piperazine rings is 1. The highest BCUT2D eigenvalue weighted by molar-refractivity contribution is 5.80. The number of nitrogens with zero attached hydrogens (tertiary/aromatic N) is 5. The van der Waals surface area contributed by atoms with E-state index in [9.17, 15) is 4.79 Å². The lowest BCUT2D eigenvalue weighted by Crippen LogP contribution is -2.44. The lowest BCUT2D eigenvalue weighted by molar-refractivity contribution is 0.0523. The molecule has 0 bridgehead atoms. The molecule has 8 heteroatoms. The van der Waals surface area contributed by atoms with E-state index < -0.39 is 11.7 Å². The van der Waals surface area contributed by atoms with Gasteiger partial charge in [0, 0.05) is 38.3 Å². The zero-order valence-electron chi connectivity index (χ0n) is 19.6. The Bertz CT molecular complexity index is 1110. The second-order valence-electron chi connectivity index (χ2n) is 9.42. The summed E-state index contributed by atoms with van der Waals surface area (Å²) >= 11 is 0. The minimum Gasteiger partial charge on any atom is -0.444 e. The molecular formula is C24H32N6O2. The molecule has 2 aromatic heterocycles. The van der Waals surface area contributed by atoms with E-state index in [-0.39, 0.29) is 0 Å².